The third kappa shape index (κ3) is 3.78. The van der Waals surface area contributed by atoms with Crippen molar-refractivity contribution in [3.05, 3.63) is 45.7 Å². The van der Waals surface area contributed by atoms with Gasteiger partial charge in [0.15, 0.2) is 5.65 Å². The molecule has 3 amide bonds. The van der Waals surface area contributed by atoms with Crippen LogP contribution in [0.5, 0.6) is 11.8 Å². The van der Waals surface area contributed by atoms with Gasteiger partial charge in [-0.1, -0.05) is 15.9 Å². The number of amides is 3. The minimum Gasteiger partial charge on any atom is -0.423 e. The Morgan fingerprint density at radius 3 is 2.84 bits per heavy atom. The predicted molar refractivity (Wildman–Crippen MR) is 111 cm³/mol. The number of carbonyl (C=O) groups is 2. The Bertz CT molecular complexity index is 1320. The molecule has 2 fully saturated rings. The van der Waals surface area contributed by atoms with E-state index in [2.05, 4.69) is 53.0 Å². The fourth-order valence-electron chi connectivity index (χ4n) is 2.94. The zero-order chi connectivity index (χ0) is 21.5. The van der Waals surface area contributed by atoms with Gasteiger partial charge in [-0.25, -0.2) is 4.79 Å². The Morgan fingerprint density at radius 1 is 1.29 bits per heavy atom. The van der Waals surface area contributed by atoms with Gasteiger partial charge < -0.3 is 15.4 Å². The SMILES string of the molecule is N#Cc1cc(Br)ccc1Oc1nc(NC2CC2)n2ncc(/C=C3\NC(=O)NC3=O)c2n1. The zero-order valence-electron chi connectivity index (χ0n) is 15.7. The molecule has 5 rings (SSSR count). The van der Waals surface area contributed by atoms with Crippen LogP contribution in [0.15, 0.2) is 34.6 Å². The Balaban J connectivity index is 1.59. The highest BCUT2D eigenvalue weighted by atomic mass is 79.9. The summed E-state index contributed by atoms with van der Waals surface area (Å²) in [6, 6.07) is 6.78. The Labute approximate surface area is 183 Å². The number of hydrogen-bond acceptors (Lipinski definition) is 8. The quantitative estimate of drug-likeness (QED) is 0.372. The van der Waals surface area contributed by atoms with E-state index in [0.717, 1.165) is 17.3 Å². The molecule has 1 saturated carbocycles. The summed E-state index contributed by atoms with van der Waals surface area (Å²) in [5.74, 6) is 0.177. The van der Waals surface area contributed by atoms with Crippen LogP contribution in [0.4, 0.5) is 10.7 Å². The number of benzene rings is 1. The molecule has 154 valence electrons. The van der Waals surface area contributed by atoms with Gasteiger partial charge in [0.05, 0.1) is 11.8 Å². The maximum absolute atomic E-state index is 11.9. The summed E-state index contributed by atoms with van der Waals surface area (Å²) in [5.41, 5.74) is 1.24. The lowest BCUT2D eigenvalue weighted by Gasteiger charge is -2.10. The van der Waals surface area contributed by atoms with Gasteiger partial charge in [-0.3, -0.25) is 10.1 Å². The molecule has 3 N–H and O–H groups in total. The van der Waals surface area contributed by atoms with Crippen LogP contribution in [0.3, 0.4) is 0 Å². The summed E-state index contributed by atoms with van der Waals surface area (Å²) in [7, 11) is 0. The Kier molecular flexibility index (Phi) is 4.52. The lowest BCUT2D eigenvalue weighted by atomic mass is 10.2. The summed E-state index contributed by atoms with van der Waals surface area (Å²) in [6.07, 6.45) is 5.01. The molecular weight excluding hydrogens is 468 g/mol. The molecule has 0 spiro atoms. The van der Waals surface area contributed by atoms with E-state index in [1.165, 1.54) is 16.8 Å². The van der Waals surface area contributed by atoms with Crippen molar-refractivity contribution in [1.82, 2.24) is 30.2 Å². The van der Waals surface area contributed by atoms with E-state index < -0.39 is 11.9 Å². The summed E-state index contributed by atoms with van der Waals surface area (Å²) in [6.45, 7) is 0. The lowest BCUT2D eigenvalue weighted by molar-refractivity contribution is -0.115. The van der Waals surface area contributed by atoms with Crippen molar-refractivity contribution in [2.75, 3.05) is 5.32 Å². The first kappa shape index (κ1) is 19.0. The van der Waals surface area contributed by atoms with Gasteiger partial charge in [0.2, 0.25) is 5.95 Å². The predicted octanol–water partition coefficient (Wildman–Crippen LogP) is 2.31. The maximum atomic E-state index is 11.9. The van der Waals surface area contributed by atoms with Crippen LogP contribution in [-0.4, -0.2) is 37.6 Å². The second kappa shape index (κ2) is 7.37. The summed E-state index contributed by atoms with van der Waals surface area (Å²) < 4.78 is 8.06. The summed E-state index contributed by atoms with van der Waals surface area (Å²) in [5, 5.41) is 21.5. The van der Waals surface area contributed by atoms with Crippen LogP contribution in [0.1, 0.15) is 24.0 Å². The van der Waals surface area contributed by atoms with Crippen LogP contribution in [-0.2, 0) is 4.79 Å². The van der Waals surface area contributed by atoms with Gasteiger partial charge in [-0.05, 0) is 37.1 Å². The molecule has 0 radical (unpaired) electrons. The monoisotopic (exact) mass is 480 g/mol. The van der Waals surface area contributed by atoms with Crippen molar-refractivity contribution in [2.24, 2.45) is 0 Å². The van der Waals surface area contributed by atoms with Gasteiger partial charge in [0, 0.05) is 16.1 Å². The van der Waals surface area contributed by atoms with E-state index in [0.29, 0.717) is 28.5 Å². The fraction of sp³-hybridized carbons (Fsp3) is 0.158. The highest BCUT2D eigenvalue weighted by molar-refractivity contribution is 9.10. The van der Waals surface area contributed by atoms with E-state index in [9.17, 15) is 14.9 Å². The zero-order valence-corrected chi connectivity index (χ0v) is 17.3. The number of fused-ring (bicyclic) bond motifs is 1. The lowest BCUT2D eigenvalue weighted by Crippen LogP contribution is -2.22. The van der Waals surface area contributed by atoms with Gasteiger partial charge in [0.25, 0.3) is 5.91 Å². The van der Waals surface area contributed by atoms with Crippen molar-refractivity contribution in [1.29, 1.82) is 5.26 Å². The molecule has 1 aliphatic carbocycles. The number of imide groups is 1. The number of anilines is 1. The number of ether oxygens (including phenoxy) is 1. The van der Waals surface area contributed by atoms with Crippen LogP contribution in [0, 0.1) is 11.3 Å². The number of aromatic nitrogens is 4. The number of nitriles is 1. The maximum Gasteiger partial charge on any atom is 0.327 e. The van der Waals surface area contributed by atoms with Gasteiger partial charge in [-0.2, -0.15) is 24.8 Å². The summed E-state index contributed by atoms with van der Waals surface area (Å²) in [4.78, 5) is 32.1. The van der Waals surface area contributed by atoms with Crippen molar-refractivity contribution in [3.8, 4) is 17.8 Å². The largest absolute Gasteiger partial charge is 0.423 e. The first-order valence-corrected chi connectivity index (χ1v) is 10.0. The third-order valence-electron chi connectivity index (χ3n) is 4.57. The highest BCUT2D eigenvalue weighted by Gasteiger charge is 2.26. The average molecular weight is 481 g/mol. The minimum absolute atomic E-state index is 0.00883. The Hall–Kier alpha value is -3.98. The normalized spacial score (nSPS) is 16.8. The number of carbonyl (C=O) groups excluding carboxylic acids is 2. The molecule has 2 aromatic heterocycles. The molecule has 3 heterocycles. The third-order valence-corrected chi connectivity index (χ3v) is 5.06. The molecule has 1 aromatic carbocycles. The molecule has 1 saturated heterocycles. The van der Waals surface area contributed by atoms with Gasteiger partial charge in [-0.15, -0.1) is 0 Å². The van der Waals surface area contributed by atoms with Crippen LogP contribution in [0.25, 0.3) is 11.7 Å². The molecule has 12 heteroatoms. The Morgan fingerprint density at radius 2 is 2.13 bits per heavy atom. The van der Waals surface area contributed by atoms with Crippen molar-refractivity contribution in [2.45, 2.75) is 18.9 Å². The van der Waals surface area contributed by atoms with Gasteiger partial charge in [0.1, 0.15) is 17.5 Å². The van der Waals surface area contributed by atoms with Crippen molar-refractivity contribution < 1.29 is 14.3 Å². The first-order valence-electron chi connectivity index (χ1n) is 9.24. The van der Waals surface area contributed by atoms with Crippen LogP contribution in [0.2, 0.25) is 0 Å². The van der Waals surface area contributed by atoms with Crippen LogP contribution < -0.4 is 20.7 Å². The standard InChI is InChI=1S/C19H13BrN8O3/c20-11-1-4-14(9(5-11)7-21)31-19-25-15-10(6-13-16(29)26-18(30)24-13)8-22-28(15)17(27-19)23-12-2-3-12/h1,4-6,8,12H,2-3H2,(H,23,25,27)(H2,24,26,29,30)/b13-6-. The second-order valence-electron chi connectivity index (χ2n) is 6.90. The van der Waals surface area contributed by atoms with E-state index in [1.54, 1.807) is 18.2 Å². The summed E-state index contributed by atoms with van der Waals surface area (Å²) >= 11 is 3.33. The smallest absolute Gasteiger partial charge is 0.327 e. The number of nitrogens with one attached hydrogen (secondary N) is 3. The first-order chi connectivity index (χ1) is 15.0. The van der Waals surface area contributed by atoms with Crippen molar-refractivity contribution >= 4 is 45.5 Å². The van der Waals surface area contributed by atoms with E-state index >= 15 is 0 Å². The number of nitrogens with zero attached hydrogens (tertiary/aromatic N) is 5. The topological polar surface area (TPSA) is 146 Å². The molecule has 0 bridgehead atoms. The minimum atomic E-state index is -0.596. The average Bonchev–Trinajstić information content (AvgIpc) is 3.38. The number of urea groups is 1. The molecule has 0 unspecified atom stereocenters. The van der Waals surface area contributed by atoms with E-state index in [1.807, 2.05) is 0 Å². The van der Waals surface area contributed by atoms with Crippen molar-refractivity contribution in [3.63, 3.8) is 0 Å². The molecule has 0 atom stereocenters. The molecule has 11 nitrogen and oxygen atoms in total. The second-order valence-corrected chi connectivity index (χ2v) is 7.82. The molecular formula is C19H13BrN8O3. The molecule has 1 aliphatic heterocycles. The number of halogens is 1. The number of hydrogen-bond donors (Lipinski definition) is 3. The van der Waals surface area contributed by atoms with Gasteiger partial charge >= 0.3 is 12.0 Å². The molecule has 2 aliphatic rings. The number of rotatable bonds is 5. The molecule has 31 heavy (non-hydrogen) atoms. The van der Waals surface area contributed by atoms with E-state index in [-0.39, 0.29) is 17.7 Å². The van der Waals surface area contributed by atoms with E-state index in [4.69, 9.17) is 4.74 Å². The molecule has 3 aromatic rings. The van der Waals surface area contributed by atoms with Crippen LogP contribution >= 0.6 is 15.9 Å². The fourth-order valence-corrected chi connectivity index (χ4v) is 3.30. The highest BCUT2D eigenvalue weighted by Crippen LogP contribution is 2.29.